The van der Waals surface area contributed by atoms with Crippen molar-refractivity contribution in [3.8, 4) is 5.75 Å². The molecule has 29 heavy (non-hydrogen) atoms. The first-order valence-electron chi connectivity index (χ1n) is 8.83. The summed E-state index contributed by atoms with van der Waals surface area (Å²) in [7, 11) is -2.50. The SMILES string of the molecule is CNc1ccc2cc(OCc3ccccc3)c(N3CC(=O)NS3(=O)=O)c(F)c2c1. The van der Waals surface area contributed by atoms with Gasteiger partial charge in [0.1, 0.15) is 24.6 Å². The van der Waals surface area contributed by atoms with E-state index in [1.807, 2.05) is 35.1 Å². The first-order valence-corrected chi connectivity index (χ1v) is 10.3. The maximum absolute atomic E-state index is 15.5. The van der Waals surface area contributed by atoms with Crippen LogP contribution in [0.4, 0.5) is 15.8 Å². The minimum absolute atomic E-state index is 0.0381. The number of ether oxygens (including phenoxy) is 1. The van der Waals surface area contributed by atoms with Gasteiger partial charge in [-0.05, 0) is 29.1 Å². The number of nitrogens with one attached hydrogen (secondary N) is 2. The lowest BCUT2D eigenvalue weighted by Crippen LogP contribution is -2.30. The highest BCUT2D eigenvalue weighted by atomic mass is 32.2. The fourth-order valence-electron chi connectivity index (χ4n) is 3.20. The van der Waals surface area contributed by atoms with Crippen LogP contribution in [0.5, 0.6) is 5.75 Å². The van der Waals surface area contributed by atoms with Crippen LogP contribution in [-0.4, -0.2) is 27.9 Å². The molecule has 0 bridgehead atoms. The number of hydrogen-bond donors (Lipinski definition) is 2. The molecule has 3 aromatic carbocycles. The molecular formula is C20H18FN3O4S. The van der Waals surface area contributed by atoms with Crippen LogP contribution in [0.15, 0.2) is 54.6 Å². The molecule has 1 saturated heterocycles. The minimum atomic E-state index is -4.20. The Morgan fingerprint density at radius 2 is 1.93 bits per heavy atom. The van der Waals surface area contributed by atoms with E-state index < -0.39 is 28.5 Å². The minimum Gasteiger partial charge on any atom is -0.487 e. The third-order valence-corrected chi connectivity index (χ3v) is 5.99. The van der Waals surface area contributed by atoms with E-state index >= 15 is 4.39 Å². The highest BCUT2D eigenvalue weighted by molar-refractivity contribution is 7.92. The summed E-state index contributed by atoms with van der Waals surface area (Å²) in [4.78, 5) is 11.7. The summed E-state index contributed by atoms with van der Waals surface area (Å²) >= 11 is 0. The van der Waals surface area contributed by atoms with Gasteiger partial charge in [-0.2, -0.15) is 8.42 Å². The highest BCUT2D eigenvalue weighted by Gasteiger charge is 2.38. The largest absolute Gasteiger partial charge is 0.487 e. The smallest absolute Gasteiger partial charge is 0.326 e. The van der Waals surface area contributed by atoms with Crippen LogP contribution in [0.1, 0.15) is 5.56 Å². The van der Waals surface area contributed by atoms with Gasteiger partial charge in [0.2, 0.25) is 0 Å². The zero-order valence-corrected chi connectivity index (χ0v) is 16.3. The van der Waals surface area contributed by atoms with Crippen molar-refractivity contribution >= 4 is 38.3 Å². The Morgan fingerprint density at radius 3 is 2.59 bits per heavy atom. The molecule has 0 aromatic heterocycles. The van der Waals surface area contributed by atoms with Gasteiger partial charge in [-0.15, -0.1) is 0 Å². The van der Waals surface area contributed by atoms with Crippen molar-refractivity contribution in [1.29, 1.82) is 0 Å². The molecule has 1 aliphatic rings. The zero-order chi connectivity index (χ0) is 20.6. The molecule has 1 aliphatic heterocycles. The van der Waals surface area contributed by atoms with Crippen molar-refractivity contribution in [2.24, 2.45) is 0 Å². The maximum atomic E-state index is 15.5. The van der Waals surface area contributed by atoms with Crippen molar-refractivity contribution in [3.63, 3.8) is 0 Å². The average Bonchev–Trinajstić information content (AvgIpc) is 2.98. The van der Waals surface area contributed by atoms with Gasteiger partial charge in [0.15, 0.2) is 5.82 Å². The van der Waals surface area contributed by atoms with E-state index in [2.05, 4.69) is 5.32 Å². The Morgan fingerprint density at radius 1 is 1.17 bits per heavy atom. The summed E-state index contributed by atoms with van der Waals surface area (Å²) in [5.74, 6) is -1.47. The molecule has 0 saturated carbocycles. The Balaban J connectivity index is 1.87. The fourth-order valence-corrected chi connectivity index (χ4v) is 4.36. The molecule has 4 rings (SSSR count). The summed E-state index contributed by atoms with van der Waals surface area (Å²) in [5, 5.41) is 3.69. The van der Waals surface area contributed by atoms with E-state index in [-0.39, 0.29) is 23.4 Å². The summed E-state index contributed by atoms with van der Waals surface area (Å²) < 4.78 is 48.7. The summed E-state index contributed by atoms with van der Waals surface area (Å²) in [6.07, 6.45) is 0. The average molecular weight is 415 g/mol. The number of hydrogen-bond acceptors (Lipinski definition) is 5. The van der Waals surface area contributed by atoms with Gasteiger partial charge >= 0.3 is 10.2 Å². The molecule has 0 aliphatic carbocycles. The Kier molecular flexibility index (Phi) is 4.75. The Labute approximate surface area is 167 Å². The van der Waals surface area contributed by atoms with Gasteiger partial charge in [-0.3, -0.25) is 4.79 Å². The van der Waals surface area contributed by atoms with Crippen molar-refractivity contribution in [2.45, 2.75) is 6.61 Å². The second-order valence-corrected chi connectivity index (χ2v) is 8.13. The lowest BCUT2D eigenvalue weighted by atomic mass is 10.1. The van der Waals surface area contributed by atoms with Crippen molar-refractivity contribution < 1.29 is 22.3 Å². The van der Waals surface area contributed by atoms with E-state index in [4.69, 9.17) is 4.74 Å². The van der Waals surface area contributed by atoms with Gasteiger partial charge in [-0.25, -0.2) is 13.4 Å². The monoisotopic (exact) mass is 415 g/mol. The molecule has 7 nitrogen and oxygen atoms in total. The van der Waals surface area contributed by atoms with Gasteiger partial charge in [-0.1, -0.05) is 36.4 Å². The molecule has 2 N–H and O–H groups in total. The van der Waals surface area contributed by atoms with Crippen molar-refractivity contribution in [3.05, 3.63) is 66.0 Å². The number of carbonyl (C=O) groups is 1. The number of nitrogens with zero attached hydrogens (tertiary/aromatic N) is 1. The second-order valence-electron chi connectivity index (χ2n) is 6.53. The van der Waals surface area contributed by atoms with E-state index in [9.17, 15) is 13.2 Å². The molecular weight excluding hydrogens is 397 g/mol. The maximum Gasteiger partial charge on any atom is 0.326 e. The molecule has 150 valence electrons. The molecule has 0 atom stereocenters. The van der Waals surface area contributed by atoms with Crippen LogP contribution in [0, 0.1) is 5.82 Å². The zero-order valence-electron chi connectivity index (χ0n) is 15.5. The Bertz CT molecular complexity index is 1200. The molecule has 9 heteroatoms. The van der Waals surface area contributed by atoms with E-state index in [0.717, 1.165) is 5.56 Å². The lowest BCUT2D eigenvalue weighted by molar-refractivity contribution is -0.117. The second kappa shape index (κ2) is 7.25. The van der Waals surface area contributed by atoms with Gasteiger partial charge in [0.25, 0.3) is 5.91 Å². The van der Waals surface area contributed by atoms with E-state index in [1.165, 1.54) is 0 Å². The highest BCUT2D eigenvalue weighted by Crippen LogP contribution is 2.40. The first-order chi connectivity index (χ1) is 13.9. The third-order valence-electron chi connectivity index (χ3n) is 4.61. The normalized spacial score (nSPS) is 15.4. The summed E-state index contributed by atoms with van der Waals surface area (Å²) in [6.45, 7) is -0.402. The van der Waals surface area contributed by atoms with Gasteiger partial charge in [0, 0.05) is 18.1 Å². The van der Waals surface area contributed by atoms with E-state index in [0.29, 0.717) is 15.4 Å². The number of benzene rings is 3. The first kappa shape index (κ1) is 19.0. The molecule has 3 aromatic rings. The topological polar surface area (TPSA) is 87.7 Å². The molecule has 1 amide bonds. The van der Waals surface area contributed by atoms with Gasteiger partial charge in [0.05, 0.1) is 0 Å². The molecule has 1 heterocycles. The van der Waals surface area contributed by atoms with Crippen LogP contribution in [0.25, 0.3) is 10.8 Å². The number of anilines is 2. The Hall–Kier alpha value is -3.33. The van der Waals surface area contributed by atoms with Crippen LogP contribution in [0.3, 0.4) is 0 Å². The molecule has 1 fully saturated rings. The lowest BCUT2D eigenvalue weighted by Gasteiger charge is -2.21. The van der Waals surface area contributed by atoms with Crippen LogP contribution >= 0.6 is 0 Å². The molecule has 0 radical (unpaired) electrons. The van der Waals surface area contributed by atoms with Gasteiger partial charge < -0.3 is 10.1 Å². The van der Waals surface area contributed by atoms with Crippen molar-refractivity contribution in [2.75, 3.05) is 23.2 Å². The number of carbonyl (C=O) groups excluding carboxylic acids is 1. The summed E-state index contributed by atoms with van der Waals surface area (Å²) in [5.41, 5.74) is 1.21. The predicted octanol–water partition coefficient (Wildman–Crippen LogP) is 2.78. The number of halogens is 1. The number of amides is 1. The van der Waals surface area contributed by atoms with E-state index in [1.54, 1.807) is 31.3 Å². The predicted molar refractivity (Wildman–Crippen MR) is 109 cm³/mol. The van der Waals surface area contributed by atoms with Crippen LogP contribution in [-0.2, 0) is 21.6 Å². The third kappa shape index (κ3) is 3.56. The number of rotatable bonds is 5. The fraction of sp³-hybridized carbons (Fsp3) is 0.150. The quantitative estimate of drug-likeness (QED) is 0.669. The van der Waals surface area contributed by atoms with Crippen molar-refractivity contribution in [1.82, 2.24) is 4.72 Å². The van der Waals surface area contributed by atoms with Crippen LogP contribution in [0.2, 0.25) is 0 Å². The molecule has 0 unspecified atom stereocenters. The molecule has 0 spiro atoms. The standard InChI is InChI=1S/C20H18FN3O4S/c1-22-15-8-7-14-9-17(28-12-13-5-3-2-4-6-13)20(19(21)16(14)10-15)24-11-18(25)23-29(24,26)27/h2-10,22H,11-12H2,1H3,(H,23,25). The summed E-state index contributed by atoms with van der Waals surface area (Å²) in [6, 6.07) is 15.9. The number of fused-ring (bicyclic) bond motifs is 1. The van der Waals surface area contributed by atoms with Crippen LogP contribution < -0.4 is 19.1 Å².